The van der Waals surface area contributed by atoms with Crippen LogP contribution in [-0.4, -0.2) is 34.1 Å². The molecule has 0 aliphatic heterocycles. The number of carboxylic acids is 2. The number of hydrogen-bond donors (Lipinski definition) is 3. The maximum Gasteiger partial charge on any atom is 0.326 e. The molecule has 20 heavy (non-hydrogen) atoms. The van der Waals surface area contributed by atoms with Gasteiger partial charge in [0.1, 0.15) is 6.04 Å². The first-order valence-electron chi connectivity index (χ1n) is 5.51. The van der Waals surface area contributed by atoms with Gasteiger partial charge in [-0.2, -0.15) is 0 Å². The first-order valence-corrected chi connectivity index (χ1v) is 6.69. The first kappa shape index (κ1) is 16.5. The molecule has 6 nitrogen and oxygen atoms in total. The quantitative estimate of drug-likeness (QED) is 0.717. The Hall–Kier alpha value is -1.60. The number of halogens is 2. The maximum atomic E-state index is 11.9. The predicted octanol–water partition coefficient (Wildman–Crippen LogP) is 2.15. The summed E-state index contributed by atoms with van der Waals surface area (Å²) in [6, 6.07) is 3.16. The van der Waals surface area contributed by atoms with E-state index in [1.54, 1.807) is 6.07 Å². The number of aliphatic carboxylic acids is 2. The highest BCUT2D eigenvalue weighted by atomic mass is 79.9. The minimum absolute atomic E-state index is 0.194. The fourth-order valence-corrected chi connectivity index (χ4v) is 1.83. The van der Waals surface area contributed by atoms with E-state index in [1.807, 2.05) is 0 Å². The third kappa shape index (κ3) is 4.82. The van der Waals surface area contributed by atoms with E-state index in [0.717, 1.165) is 0 Å². The Morgan fingerprint density at radius 2 is 1.95 bits per heavy atom. The monoisotopic (exact) mass is 363 g/mol. The summed E-state index contributed by atoms with van der Waals surface area (Å²) in [6.07, 6.45) is -0.543. The van der Waals surface area contributed by atoms with Crippen LogP contribution >= 0.6 is 27.5 Å². The summed E-state index contributed by atoms with van der Waals surface area (Å²) in [7, 11) is 0. The molecule has 0 bridgehead atoms. The van der Waals surface area contributed by atoms with Gasteiger partial charge in [0.05, 0.1) is 5.02 Å². The van der Waals surface area contributed by atoms with Gasteiger partial charge in [-0.3, -0.25) is 9.59 Å². The standard InChI is InChI=1S/C12H11BrClNO5/c13-7-2-1-6(5-8(7)14)11(18)15-9(12(19)20)3-4-10(16)17/h1-2,5,9H,3-4H2,(H,15,18)(H,16,17)(H,19,20)/t9-/m0/s1. The molecule has 0 aromatic heterocycles. The van der Waals surface area contributed by atoms with E-state index in [0.29, 0.717) is 9.50 Å². The van der Waals surface area contributed by atoms with E-state index >= 15 is 0 Å². The molecule has 0 spiro atoms. The third-order valence-corrected chi connectivity index (χ3v) is 3.66. The van der Waals surface area contributed by atoms with E-state index in [1.165, 1.54) is 12.1 Å². The van der Waals surface area contributed by atoms with Crippen LogP contribution in [0.25, 0.3) is 0 Å². The van der Waals surface area contributed by atoms with Gasteiger partial charge >= 0.3 is 11.9 Å². The van der Waals surface area contributed by atoms with Crippen molar-refractivity contribution in [2.75, 3.05) is 0 Å². The molecule has 108 valence electrons. The lowest BCUT2D eigenvalue weighted by Crippen LogP contribution is -2.41. The van der Waals surface area contributed by atoms with Gasteiger partial charge in [-0.05, 0) is 40.5 Å². The Kier molecular flexibility index (Phi) is 5.97. The summed E-state index contributed by atoms with van der Waals surface area (Å²) in [5.41, 5.74) is 0.194. The highest BCUT2D eigenvalue weighted by Crippen LogP contribution is 2.23. The average molecular weight is 365 g/mol. The van der Waals surface area contributed by atoms with E-state index in [-0.39, 0.29) is 18.4 Å². The van der Waals surface area contributed by atoms with Crippen LogP contribution in [0.5, 0.6) is 0 Å². The zero-order valence-electron chi connectivity index (χ0n) is 10.1. The fraction of sp³-hybridized carbons (Fsp3) is 0.250. The van der Waals surface area contributed by atoms with Gasteiger partial charge < -0.3 is 15.5 Å². The number of carbonyl (C=O) groups excluding carboxylic acids is 1. The SMILES string of the molecule is O=C(O)CC[C@H](NC(=O)c1ccc(Br)c(Cl)c1)C(=O)O. The van der Waals surface area contributed by atoms with Crippen molar-refractivity contribution in [2.45, 2.75) is 18.9 Å². The van der Waals surface area contributed by atoms with E-state index in [4.69, 9.17) is 21.8 Å². The van der Waals surface area contributed by atoms with Gasteiger partial charge in [0.25, 0.3) is 5.91 Å². The molecule has 0 aliphatic rings. The Morgan fingerprint density at radius 3 is 2.45 bits per heavy atom. The second-order valence-corrected chi connectivity index (χ2v) is 5.19. The third-order valence-electron chi connectivity index (χ3n) is 2.43. The minimum atomic E-state index is -1.29. The number of nitrogens with one attached hydrogen (secondary N) is 1. The fourth-order valence-electron chi connectivity index (χ4n) is 1.40. The summed E-state index contributed by atoms with van der Waals surface area (Å²) in [5, 5.41) is 20.0. The molecule has 3 N–H and O–H groups in total. The van der Waals surface area contributed by atoms with Crippen molar-refractivity contribution in [3.05, 3.63) is 33.3 Å². The number of benzene rings is 1. The lowest BCUT2D eigenvalue weighted by atomic mass is 10.1. The van der Waals surface area contributed by atoms with Crippen molar-refractivity contribution >= 4 is 45.4 Å². The second-order valence-electron chi connectivity index (χ2n) is 3.93. The molecular weight excluding hydrogens is 353 g/mol. The summed E-state index contributed by atoms with van der Waals surface area (Å²) in [5.74, 6) is -3.04. The predicted molar refractivity (Wildman–Crippen MR) is 74.9 cm³/mol. The Morgan fingerprint density at radius 1 is 1.30 bits per heavy atom. The molecule has 0 saturated carbocycles. The maximum absolute atomic E-state index is 11.9. The second kappa shape index (κ2) is 7.25. The number of amides is 1. The summed E-state index contributed by atoms with van der Waals surface area (Å²) >= 11 is 9.01. The van der Waals surface area contributed by atoms with Gasteiger partial charge in [0, 0.05) is 16.5 Å². The highest BCUT2D eigenvalue weighted by Gasteiger charge is 2.21. The van der Waals surface area contributed by atoms with Crippen molar-refractivity contribution in [1.82, 2.24) is 5.32 Å². The summed E-state index contributed by atoms with van der Waals surface area (Å²) in [6.45, 7) is 0. The number of rotatable bonds is 6. The van der Waals surface area contributed by atoms with Crippen molar-refractivity contribution in [2.24, 2.45) is 0 Å². The lowest BCUT2D eigenvalue weighted by Gasteiger charge is -2.13. The number of carbonyl (C=O) groups is 3. The normalized spacial score (nSPS) is 11.7. The molecule has 1 rings (SSSR count). The number of carboxylic acid groups (broad SMARTS) is 2. The van der Waals surface area contributed by atoms with Crippen LogP contribution in [0.4, 0.5) is 0 Å². The molecule has 1 aromatic rings. The van der Waals surface area contributed by atoms with Crippen LogP contribution in [0.1, 0.15) is 23.2 Å². The lowest BCUT2D eigenvalue weighted by molar-refractivity contribution is -0.140. The zero-order valence-corrected chi connectivity index (χ0v) is 12.4. The topological polar surface area (TPSA) is 104 Å². The van der Waals surface area contributed by atoms with E-state index < -0.39 is 23.9 Å². The highest BCUT2D eigenvalue weighted by molar-refractivity contribution is 9.10. The molecule has 0 unspecified atom stereocenters. The van der Waals surface area contributed by atoms with Crippen molar-refractivity contribution < 1.29 is 24.6 Å². The molecule has 0 aliphatic carbocycles. The van der Waals surface area contributed by atoms with Crippen LogP contribution in [0.2, 0.25) is 5.02 Å². The molecule has 0 radical (unpaired) electrons. The van der Waals surface area contributed by atoms with Gasteiger partial charge in [0.2, 0.25) is 0 Å². The molecule has 1 aromatic carbocycles. The minimum Gasteiger partial charge on any atom is -0.481 e. The van der Waals surface area contributed by atoms with Crippen LogP contribution in [0.3, 0.4) is 0 Å². The van der Waals surface area contributed by atoms with Gasteiger partial charge in [-0.15, -0.1) is 0 Å². The Balaban J connectivity index is 2.77. The number of hydrogen-bond acceptors (Lipinski definition) is 3. The molecular formula is C12H11BrClNO5. The van der Waals surface area contributed by atoms with E-state index in [9.17, 15) is 14.4 Å². The molecule has 0 fully saturated rings. The van der Waals surface area contributed by atoms with Gasteiger partial charge in [0.15, 0.2) is 0 Å². The summed E-state index contributed by atoms with van der Waals surface area (Å²) < 4.78 is 0.608. The average Bonchev–Trinajstić information content (AvgIpc) is 2.36. The first-order chi connectivity index (χ1) is 9.31. The van der Waals surface area contributed by atoms with Gasteiger partial charge in [-0.25, -0.2) is 4.79 Å². The van der Waals surface area contributed by atoms with Gasteiger partial charge in [-0.1, -0.05) is 11.6 Å². The molecule has 1 amide bonds. The van der Waals surface area contributed by atoms with Crippen LogP contribution in [0.15, 0.2) is 22.7 Å². The molecule has 8 heteroatoms. The van der Waals surface area contributed by atoms with Crippen molar-refractivity contribution in [3.8, 4) is 0 Å². The summed E-state index contributed by atoms with van der Waals surface area (Å²) in [4.78, 5) is 33.3. The van der Waals surface area contributed by atoms with Crippen molar-refractivity contribution in [1.29, 1.82) is 0 Å². The zero-order chi connectivity index (χ0) is 15.3. The molecule has 1 atom stereocenters. The Labute approximate surface area is 127 Å². The van der Waals surface area contributed by atoms with E-state index in [2.05, 4.69) is 21.2 Å². The largest absolute Gasteiger partial charge is 0.481 e. The molecule has 0 saturated heterocycles. The smallest absolute Gasteiger partial charge is 0.326 e. The van der Waals surface area contributed by atoms with Crippen LogP contribution in [-0.2, 0) is 9.59 Å². The Bertz CT molecular complexity index is 549. The van der Waals surface area contributed by atoms with Crippen LogP contribution in [0, 0.1) is 0 Å². The van der Waals surface area contributed by atoms with Crippen molar-refractivity contribution in [3.63, 3.8) is 0 Å². The van der Waals surface area contributed by atoms with Crippen LogP contribution < -0.4 is 5.32 Å². The molecule has 0 heterocycles.